The van der Waals surface area contributed by atoms with Gasteiger partial charge in [0.05, 0.1) is 11.9 Å². The summed E-state index contributed by atoms with van der Waals surface area (Å²) in [6.45, 7) is 0. The standard InChI is InChI=1S/C9H9N7O/c1-15-5-6(4-10-15)11-7-2-3-8-12-13-9(17)16(8)14-7/h2-5H,1H3,(H,11,14)(H,13,17). The number of hydrogen-bond donors (Lipinski definition) is 2. The predicted molar refractivity (Wildman–Crippen MR) is 60.1 cm³/mol. The molecule has 0 amide bonds. The van der Waals surface area contributed by atoms with E-state index in [9.17, 15) is 4.79 Å². The Bertz CT molecular complexity index is 722. The zero-order valence-electron chi connectivity index (χ0n) is 8.95. The van der Waals surface area contributed by atoms with Gasteiger partial charge in [0.25, 0.3) is 0 Å². The van der Waals surface area contributed by atoms with Crippen LogP contribution in [0, 0.1) is 0 Å². The van der Waals surface area contributed by atoms with E-state index in [0.29, 0.717) is 11.5 Å². The molecule has 0 aliphatic carbocycles. The van der Waals surface area contributed by atoms with Gasteiger partial charge < -0.3 is 5.32 Å². The second-order valence-corrected chi connectivity index (χ2v) is 3.55. The van der Waals surface area contributed by atoms with Crippen molar-refractivity contribution in [3.05, 3.63) is 35.0 Å². The molecule has 3 heterocycles. The third-order valence-electron chi connectivity index (χ3n) is 2.25. The van der Waals surface area contributed by atoms with E-state index >= 15 is 0 Å². The van der Waals surface area contributed by atoms with Crippen LogP contribution in [0.3, 0.4) is 0 Å². The largest absolute Gasteiger partial charge is 0.364 e. The van der Waals surface area contributed by atoms with Crippen LogP contribution in [-0.2, 0) is 7.05 Å². The molecule has 2 N–H and O–H groups in total. The molecule has 0 radical (unpaired) electrons. The van der Waals surface area contributed by atoms with Gasteiger partial charge in [-0.15, -0.1) is 5.10 Å². The Hall–Kier alpha value is -2.64. The molecule has 0 unspecified atom stereocenters. The zero-order valence-corrected chi connectivity index (χ0v) is 8.95. The fourth-order valence-corrected chi connectivity index (χ4v) is 1.50. The molecule has 8 nitrogen and oxygen atoms in total. The Morgan fingerprint density at radius 2 is 2.29 bits per heavy atom. The summed E-state index contributed by atoms with van der Waals surface area (Å²) in [5.74, 6) is 0.550. The molecule has 86 valence electrons. The lowest BCUT2D eigenvalue weighted by Crippen LogP contribution is -2.13. The van der Waals surface area contributed by atoms with Crippen molar-refractivity contribution in [2.24, 2.45) is 7.05 Å². The number of aryl methyl sites for hydroxylation is 1. The molecule has 3 aromatic rings. The number of anilines is 2. The highest BCUT2D eigenvalue weighted by atomic mass is 16.2. The first-order valence-corrected chi connectivity index (χ1v) is 4.92. The predicted octanol–water partition coefficient (Wildman–Crippen LogP) is -0.105. The third kappa shape index (κ3) is 1.65. The number of nitrogens with one attached hydrogen (secondary N) is 2. The van der Waals surface area contributed by atoms with Crippen molar-refractivity contribution in [2.75, 3.05) is 5.32 Å². The topological polar surface area (TPSA) is 92.9 Å². The van der Waals surface area contributed by atoms with Crippen LogP contribution in [-0.4, -0.2) is 29.6 Å². The smallest absolute Gasteiger partial charge is 0.336 e. The van der Waals surface area contributed by atoms with Crippen LogP contribution in [0.1, 0.15) is 0 Å². The summed E-state index contributed by atoms with van der Waals surface area (Å²) in [6.07, 6.45) is 3.48. The molecular weight excluding hydrogens is 222 g/mol. The minimum Gasteiger partial charge on any atom is -0.336 e. The molecule has 0 bridgehead atoms. The Labute approximate surface area is 94.9 Å². The average molecular weight is 231 g/mol. The summed E-state index contributed by atoms with van der Waals surface area (Å²) in [5.41, 5.74) is 0.914. The number of aromatic nitrogens is 6. The van der Waals surface area contributed by atoms with E-state index < -0.39 is 0 Å². The van der Waals surface area contributed by atoms with Crippen LogP contribution in [0.2, 0.25) is 0 Å². The third-order valence-corrected chi connectivity index (χ3v) is 2.25. The molecule has 3 aromatic heterocycles. The van der Waals surface area contributed by atoms with Gasteiger partial charge in [0.2, 0.25) is 0 Å². The fourth-order valence-electron chi connectivity index (χ4n) is 1.50. The minimum atomic E-state index is -0.366. The van der Waals surface area contributed by atoms with Gasteiger partial charge in [-0.3, -0.25) is 4.68 Å². The normalized spacial score (nSPS) is 10.9. The summed E-state index contributed by atoms with van der Waals surface area (Å²) < 4.78 is 2.86. The molecule has 8 heteroatoms. The first kappa shape index (κ1) is 9.58. The van der Waals surface area contributed by atoms with Gasteiger partial charge in [-0.05, 0) is 12.1 Å². The SMILES string of the molecule is Cn1cc(Nc2ccc3n[nH]c(=O)n3n2)cn1. The second-order valence-electron chi connectivity index (χ2n) is 3.55. The molecule has 0 saturated carbocycles. The number of aromatic amines is 1. The lowest BCUT2D eigenvalue weighted by Gasteiger charge is -2.01. The Kier molecular flexibility index (Phi) is 1.94. The Balaban J connectivity index is 2.00. The van der Waals surface area contributed by atoms with Crippen molar-refractivity contribution >= 4 is 17.2 Å². The Morgan fingerprint density at radius 1 is 1.41 bits per heavy atom. The van der Waals surface area contributed by atoms with Crippen LogP contribution in [0.4, 0.5) is 11.5 Å². The first-order chi connectivity index (χ1) is 8.22. The molecule has 0 saturated heterocycles. The number of rotatable bonds is 2. The van der Waals surface area contributed by atoms with E-state index in [-0.39, 0.29) is 5.69 Å². The summed E-state index contributed by atoms with van der Waals surface area (Å²) in [4.78, 5) is 11.3. The van der Waals surface area contributed by atoms with E-state index in [2.05, 4.69) is 25.7 Å². The van der Waals surface area contributed by atoms with Gasteiger partial charge >= 0.3 is 5.69 Å². The van der Waals surface area contributed by atoms with Gasteiger partial charge in [0, 0.05) is 13.2 Å². The number of nitrogens with zero attached hydrogens (tertiary/aromatic N) is 5. The van der Waals surface area contributed by atoms with Crippen LogP contribution in [0.5, 0.6) is 0 Å². The van der Waals surface area contributed by atoms with Crippen molar-refractivity contribution in [1.82, 2.24) is 29.6 Å². The highest BCUT2D eigenvalue weighted by Gasteiger charge is 2.03. The summed E-state index contributed by atoms with van der Waals surface area (Å²) in [6, 6.07) is 3.44. The van der Waals surface area contributed by atoms with Crippen LogP contribution in [0.15, 0.2) is 29.3 Å². The monoisotopic (exact) mass is 231 g/mol. The van der Waals surface area contributed by atoms with Crippen molar-refractivity contribution in [2.45, 2.75) is 0 Å². The summed E-state index contributed by atoms with van der Waals surface area (Å²) >= 11 is 0. The maximum Gasteiger partial charge on any atom is 0.364 e. The van der Waals surface area contributed by atoms with E-state index in [1.165, 1.54) is 4.52 Å². The maximum absolute atomic E-state index is 11.3. The summed E-state index contributed by atoms with van der Waals surface area (Å²) in [5, 5.41) is 17.3. The average Bonchev–Trinajstić information content (AvgIpc) is 2.87. The molecule has 0 aromatic carbocycles. The van der Waals surface area contributed by atoms with Crippen molar-refractivity contribution in [3.63, 3.8) is 0 Å². The lowest BCUT2D eigenvalue weighted by atomic mass is 10.5. The highest BCUT2D eigenvalue weighted by molar-refractivity contribution is 5.55. The fraction of sp³-hybridized carbons (Fsp3) is 0.111. The lowest BCUT2D eigenvalue weighted by molar-refractivity contribution is 0.768. The quantitative estimate of drug-likeness (QED) is 0.642. The Morgan fingerprint density at radius 3 is 3.06 bits per heavy atom. The molecule has 0 aliphatic rings. The van der Waals surface area contributed by atoms with Gasteiger partial charge in [-0.2, -0.15) is 14.7 Å². The molecular formula is C9H9N7O. The van der Waals surface area contributed by atoms with E-state index in [0.717, 1.165) is 5.69 Å². The van der Waals surface area contributed by atoms with Crippen LogP contribution >= 0.6 is 0 Å². The van der Waals surface area contributed by atoms with E-state index in [1.54, 1.807) is 23.0 Å². The van der Waals surface area contributed by atoms with E-state index in [1.807, 2.05) is 13.2 Å². The van der Waals surface area contributed by atoms with Crippen molar-refractivity contribution in [3.8, 4) is 0 Å². The minimum absolute atomic E-state index is 0.366. The van der Waals surface area contributed by atoms with Gasteiger partial charge in [-0.1, -0.05) is 0 Å². The summed E-state index contributed by atoms with van der Waals surface area (Å²) in [7, 11) is 1.82. The maximum atomic E-state index is 11.3. The van der Waals surface area contributed by atoms with Gasteiger partial charge in [0.15, 0.2) is 11.5 Å². The molecule has 3 rings (SSSR count). The zero-order chi connectivity index (χ0) is 11.8. The molecule has 0 fully saturated rings. The number of H-pyrrole nitrogens is 1. The van der Waals surface area contributed by atoms with Crippen LogP contribution < -0.4 is 11.0 Å². The number of hydrogen-bond acceptors (Lipinski definition) is 5. The van der Waals surface area contributed by atoms with Gasteiger partial charge in [0.1, 0.15) is 0 Å². The van der Waals surface area contributed by atoms with E-state index in [4.69, 9.17) is 0 Å². The molecule has 0 spiro atoms. The second kappa shape index (κ2) is 3.44. The highest BCUT2D eigenvalue weighted by Crippen LogP contribution is 2.12. The van der Waals surface area contributed by atoms with Crippen LogP contribution in [0.25, 0.3) is 5.65 Å². The molecule has 0 aliphatic heterocycles. The number of fused-ring (bicyclic) bond motifs is 1. The van der Waals surface area contributed by atoms with Gasteiger partial charge in [-0.25, -0.2) is 9.89 Å². The first-order valence-electron chi connectivity index (χ1n) is 4.92. The molecule has 17 heavy (non-hydrogen) atoms. The molecule has 0 atom stereocenters. The van der Waals surface area contributed by atoms with Crippen molar-refractivity contribution < 1.29 is 0 Å². The van der Waals surface area contributed by atoms with Crippen molar-refractivity contribution in [1.29, 1.82) is 0 Å².